The third-order valence-electron chi connectivity index (χ3n) is 3.56. The summed E-state index contributed by atoms with van der Waals surface area (Å²) in [6.45, 7) is 3.66. The van der Waals surface area contributed by atoms with Crippen molar-refractivity contribution in [1.82, 2.24) is 0 Å². The number of nitrogens with zero attached hydrogens (tertiary/aromatic N) is 1. The van der Waals surface area contributed by atoms with E-state index in [-0.39, 0.29) is 22.9 Å². The summed E-state index contributed by atoms with van der Waals surface area (Å²) in [4.78, 5) is 14.5. The van der Waals surface area contributed by atoms with Gasteiger partial charge in [-0.05, 0) is 31.2 Å². The number of anilines is 1. The third-order valence-corrected chi connectivity index (χ3v) is 4.18. The van der Waals surface area contributed by atoms with Crippen LogP contribution in [0.15, 0.2) is 42.5 Å². The molecule has 4 nitrogen and oxygen atoms in total. The molecule has 2 aromatic rings. The van der Waals surface area contributed by atoms with Gasteiger partial charge >= 0.3 is 5.97 Å². The van der Waals surface area contributed by atoms with E-state index >= 15 is 0 Å². The smallest absolute Gasteiger partial charge is 0.343 e. The highest BCUT2D eigenvalue weighted by molar-refractivity contribution is 6.37. The Bertz CT molecular complexity index is 692. The van der Waals surface area contributed by atoms with Crippen LogP contribution in [0.1, 0.15) is 17.3 Å². The first kappa shape index (κ1) is 18.4. The number of carbonyl (C=O) groups excluding carboxylic acids is 1. The summed E-state index contributed by atoms with van der Waals surface area (Å²) in [5.41, 5.74) is 1.23. The van der Waals surface area contributed by atoms with Crippen molar-refractivity contribution < 1.29 is 14.3 Å². The molecule has 0 aromatic heterocycles. The first-order valence-corrected chi connectivity index (χ1v) is 8.33. The summed E-state index contributed by atoms with van der Waals surface area (Å²) in [6.07, 6.45) is 0. The maximum atomic E-state index is 12.3. The monoisotopic (exact) mass is 367 g/mol. The first-order valence-electron chi connectivity index (χ1n) is 7.57. The van der Waals surface area contributed by atoms with Gasteiger partial charge in [0.25, 0.3) is 0 Å². The molecule has 0 bridgehead atoms. The lowest BCUT2D eigenvalue weighted by Gasteiger charge is -2.23. The SMILES string of the molecule is CCN(CCOC(=O)c1c(Cl)ccc(Cl)c1OC)c1ccccc1. The zero-order chi connectivity index (χ0) is 17.5. The molecule has 0 saturated heterocycles. The molecule has 6 heteroatoms. The van der Waals surface area contributed by atoms with Gasteiger partial charge in [0, 0.05) is 12.2 Å². The molecule has 2 aromatic carbocycles. The Morgan fingerprint density at radius 2 is 1.75 bits per heavy atom. The normalized spacial score (nSPS) is 10.3. The van der Waals surface area contributed by atoms with Crippen LogP contribution in [0.3, 0.4) is 0 Å². The van der Waals surface area contributed by atoms with Crippen molar-refractivity contribution in [2.45, 2.75) is 6.92 Å². The molecule has 2 rings (SSSR count). The lowest BCUT2D eigenvalue weighted by Crippen LogP contribution is -2.28. The quantitative estimate of drug-likeness (QED) is 0.665. The summed E-state index contributed by atoms with van der Waals surface area (Å²) in [5, 5.41) is 0.560. The lowest BCUT2D eigenvalue weighted by atomic mass is 10.2. The Morgan fingerprint density at radius 3 is 2.38 bits per heavy atom. The van der Waals surface area contributed by atoms with E-state index in [9.17, 15) is 4.79 Å². The van der Waals surface area contributed by atoms with Crippen LogP contribution in [-0.4, -0.2) is 32.8 Å². The van der Waals surface area contributed by atoms with Gasteiger partial charge in [-0.15, -0.1) is 0 Å². The molecular weight excluding hydrogens is 349 g/mol. The number of methoxy groups -OCH3 is 1. The van der Waals surface area contributed by atoms with E-state index in [0.29, 0.717) is 11.6 Å². The molecular formula is C18H19Cl2NO3. The van der Waals surface area contributed by atoms with Crippen LogP contribution in [0, 0.1) is 0 Å². The lowest BCUT2D eigenvalue weighted by molar-refractivity contribution is 0.0512. The zero-order valence-corrected chi connectivity index (χ0v) is 15.1. The minimum absolute atomic E-state index is 0.148. The number of hydrogen-bond acceptors (Lipinski definition) is 4. The van der Waals surface area contributed by atoms with E-state index in [4.69, 9.17) is 32.7 Å². The van der Waals surface area contributed by atoms with Gasteiger partial charge < -0.3 is 14.4 Å². The highest BCUT2D eigenvalue weighted by Gasteiger charge is 2.21. The number of benzene rings is 2. The van der Waals surface area contributed by atoms with Gasteiger partial charge in [-0.2, -0.15) is 0 Å². The zero-order valence-electron chi connectivity index (χ0n) is 13.6. The minimum Gasteiger partial charge on any atom is -0.494 e. The molecule has 128 valence electrons. The van der Waals surface area contributed by atoms with Crippen molar-refractivity contribution in [1.29, 1.82) is 0 Å². The van der Waals surface area contributed by atoms with E-state index in [2.05, 4.69) is 4.90 Å². The van der Waals surface area contributed by atoms with Crippen LogP contribution in [0.4, 0.5) is 5.69 Å². The molecule has 0 amide bonds. The molecule has 0 N–H and O–H groups in total. The Hall–Kier alpha value is -1.91. The number of halogens is 2. The fourth-order valence-electron chi connectivity index (χ4n) is 2.35. The van der Waals surface area contributed by atoms with Gasteiger partial charge in [-0.1, -0.05) is 41.4 Å². The van der Waals surface area contributed by atoms with Crippen LogP contribution in [0.5, 0.6) is 5.75 Å². The van der Waals surface area contributed by atoms with Crippen molar-refractivity contribution in [3.05, 3.63) is 58.1 Å². The van der Waals surface area contributed by atoms with E-state index in [1.165, 1.54) is 7.11 Å². The van der Waals surface area contributed by atoms with Crippen molar-refractivity contribution in [3.8, 4) is 5.75 Å². The Labute approximate surface area is 151 Å². The summed E-state index contributed by atoms with van der Waals surface area (Å²) < 4.78 is 10.5. The Morgan fingerprint density at radius 1 is 1.08 bits per heavy atom. The van der Waals surface area contributed by atoms with E-state index in [0.717, 1.165) is 12.2 Å². The molecule has 0 aliphatic rings. The van der Waals surface area contributed by atoms with Gasteiger partial charge in [-0.3, -0.25) is 0 Å². The second kappa shape index (κ2) is 8.81. The maximum absolute atomic E-state index is 12.3. The van der Waals surface area contributed by atoms with Gasteiger partial charge in [0.1, 0.15) is 12.2 Å². The molecule has 0 radical (unpaired) electrons. The molecule has 0 aliphatic carbocycles. The molecule has 0 spiro atoms. The molecule has 24 heavy (non-hydrogen) atoms. The molecule has 0 atom stereocenters. The number of ether oxygens (including phenoxy) is 2. The Balaban J connectivity index is 2.02. The molecule has 0 heterocycles. The molecule has 0 aliphatic heterocycles. The average Bonchev–Trinajstić information content (AvgIpc) is 2.61. The van der Waals surface area contributed by atoms with Crippen molar-refractivity contribution >= 4 is 34.9 Å². The fourth-order valence-corrected chi connectivity index (χ4v) is 2.81. The van der Waals surface area contributed by atoms with Crippen molar-refractivity contribution in [3.63, 3.8) is 0 Å². The molecule has 0 fully saturated rings. The van der Waals surface area contributed by atoms with Crippen LogP contribution >= 0.6 is 23.2 Å². The van der Waals surface area contributed by atoms with Crippen LogP contribution < -0.4 is 9.64 Å². The molecule has 0 unspecified atom stereocenters. The summed E-state index contributed by atoms with van der Waals surface area (Å²) in [6, 6.07) is 13.1. The maximum Gasteiger partial charge on any atom is 0.343 e. The third kappa shape index (κ3) is 4.34. The fraction of sp³-hybridized carbons (Fsp3) is 0.278. The number of carbonyl (C=O) groups is 1. The van der Waals surface area contributed by atoms with Gasteiger partial charge in [0.15, 0.2) is 5.75 Å². The van der Waals surface area contributed by atoms with Gasteiger partial charge in [-0.25, -0.2) is 4.79 Å². The van der Waals surface area contributed by atoms with Crippen molar-refractivity contribution in [2.24, 2.45) is 0 Å². The molecule has 0 saturated carbocycles. The second-order valence-corrected chi connectivity index (χ2v) is 5.80. The van der Waals surface area contributed by atoms with Gasteiger partial charge in [0.2, 0.25) is 0 Å². The second-order valence-electron chi connectivity index (χ2n) is 4.99. The highest BCUT2D eigenvalue weighted by Crippen LogP contribution is 2.34. The average molecular weight is 368 g/mol. The van der Waals surface area contributed by atoms with Gasteiger partial charge in [0.05, 0.1) is 23.7 Å². The number of rotatable bonds is 7. The van der Waals surface area contributed by atoms with E-state index in [1.807, 2.05) is 37.3 Å². The number of hydrogen-bond donors (Lipinski definition) is 0. The summed E-state index contributed by atoms with van der Waals surface area (Å²) in [7, 11) is 1.43. The topological polar surface area (TPSA) is 38.8 Å². The first-order chi connectivity index (χ1) is 11.6. The van der Waals surface area contributed by atoms with Crippen LogP contribution in [-0.2, 0) is 4.74 Å². The predicted octanol–water partition coefficient (Wildman–Crippen LogP) is 4.69. The standard InChI is InChI=1S/C18H19Cl2NO3/c1-3-21(13-7-5-4-6-8-13)11-12-24-18(22)16-14(19)9-10-15(20)17(16)23-2/h4-10H,3,11-12H2,1-2H3. The summed E-state index contributed by atoms with van der Waals surface area (Å²) in [5.74, 6) is -0.326. The van der Waals surface area contributed by atoms with E-state index in [1.54, 1.807) is 12.1 Å². The minimum atomic E-state index is -0.552. The highest BCUT2D eigenvalue weighted by atomic mass is 35.5. The summed E-state index contributed by atoms with van der Waals surface area (Å²) >= 11 is 12.1. The van der Waals surface area contributed by atoms with Crippen LogP contribution in [0.25, 0.3) is 0 Å². The van der Waals surface area contributed by atoms with Crippen molar-refractivity contribution in [2.75, 3.05) is 31.7 Å². The number of esters is 1. The number of likely N-dealkylation sites (N-methyl/N-ethyl adjacent to an activating group) is 1. The van der Waals surface area contributed by atoms with E-state index < -0.39 is 5.97 Å². The number of para-hydroxylation sites is 1. The largest absolute Gasteiger partial charge is 0.494 e. The Kier molecular flexibility index (Phi) is 6.76. The predicted molar refractivity (Wildman–Crippen MR) is 97.6 cm³/mol. The van der Waals surface area contributed by atoms with Crippen LogP contribution in [0.2, 0.25) is 10.0 Å².